The second-order valence-electron chi connectivity index (χ2n) is 4.66. The fourth-order valence-corrected chi connectivity index (χ4v) is 1.59. The van der Waals surface area contributed by atoms with E-state index in [0.717, 1.165) is 12.1 Å². The van der Waals surface area contributed by atoms with Gasteiger partial charge in [-0.3, -0.25) is 0 Å². The van der Waals surface area contributed by atoms with E-state index in [9.17, 15) is 22.7 Å². The zero-order valence-corrected chi connectivity index (χ0v) is 10.3. The van der Waals surface area contributed by atoms with Crippen LogP contribution in [0.15, 0.2) is 18.2 Å². The molecule has 102 valence electrons. The molecule has 0 aliphatic carbocycles. The van der Waals surface area contributed by atoms with Gasteiger partial charge in [0.2, 0.25) is 0 Å². The van der Waals surface area contributed by atoms with E-state index in [1.165, 1.54) is 6.07 Å². The summed E-state index contributed by atoms with van der Waals surface area (Å²) >= 11 is 0. The van der Waals surface area contributed by atoms with Gasteiger partial charge in [-0.05, 0) is 36.5 Å². The summed E-state index contributed by atoms with van der Waals surface area (Å²) in [6.45, 7) is 3.66. The van der Waals surface area contributed by atoms with Gasteiger partial charge in [-0.15, -0.1) is 0 Å². The highest BCUT2D eigenvalue weighted by Gasteiger charge is 2.34. The molecule has 0 radical (unpaired) electrons. The Hall–Kier alpha value is -1.10. The van der Waals surface area contributed by atoms with Crippen LogP contribution in [0.1, 0.15) is 31.4 Å². The zero-order chi connectivity index (χ0) is 13.9. The number of aryl methyl sites for hydroxylation is 1. The molecular formula is C13H16F4O. The van der Waals surface area contributed by atoms with Crippen LogP contribution >= 0.6 is 0 Å². The maximum atomic E-state index is 13.0. The molecule has 0 heterocycles. The summed E-state index contributed by atoms with van der Waals surface area (Å²) in [5, 5.41) is 9.58. The Balaban J connectivity index is 2.80. The Kier molecular flexibility index (Phi) is 4.73. The molecule has 1 nitrogen and oxygen atoms in total. The van der Waals surface area contributed by atoms with E-state index in [1.54, 1.807) is 0 Å². The molecule has 0 fully saturated rings. The van der Waals surface area contributed by atoms with Gasteiger partial charge in [0.1, 0.15) is 5.82 Å². The van der Waals surface area contributed by atoms with Crippen molar-refractivity contribution in [3.05, 3.63) is 35.1 Å². The lowest BCUT2D eigenvalue weighted by molar-refractivity contribution is -0.140. The highest BCUT2D eigenvalue weighted by Crippen LogP contribution is 2.32. The van der Waals surface area contributed by atoms with Gasteiger partial charge >= 0.3 is 6.18 Å². The van der Waals surface area contributed by atoms with Crippen LogP contribution in [0.3, 0.4) is 0 Å². The average Bonchev–Trinajstić information content (AvgIpc) is 2.25. The fraction of sp³-hybridized carbons (Fsp3) is 0.538. The van der Waals surface area contributed by atoms with Crippen molar-refractivity contribution in [2.75, 3.05) is 0 Å². The number of aliphatic hydroxyl groups is 1. The SMILES string of the molecule is CC(C)C(O)CCc1ccc(F)c(C(F)(F)F)c1. The number of rotatable bonds is 4. The number of aliphatic hydroxyl groups excluding tert-OH is 1. The Labute approximate surface area is 103 Å². The molecule has 0 saturated carbocycles. The highest BCUT2D eigenvalue weighted by molar-refractivity contribution is 5.27. The summed E-state index contributed by atoms with van der Waals surface area (Å²) in [5.74, 6) is -1.22. The molecule has 5 heteroatoms. The third-order valence-electron chi connectivity index (χ3n) is 2.83. The van der Waals surface area contributed by atoms with E-state index in [4.69, 9.17) is 0 Å². The summed E-state index contributed by atoms with van der Waals surface area (Å²) in [7, 11) is 0. The maximum absolute atomic E-state index is 13.0. The Morgan fingerprint density at radius 2 is 1.83 bits per heavy atom. The van der Waals surface area contributed by atoms with Gasteiger partial charge < -0.3 is 5.11 Å². The van der Waals surface area contributed by atoms with Crippen molar-refractivity contribution in [2.24, 2.45) is 5.92 Å². The summed E-state index contributed by atoms with van der Waals surface area (Å²) in [6.07, 6.45) is -4.59. The second-order valence-corrected chi connectivity index (χ2v) is 4.66. The minimum atomic E-state index is -4.68. The number of hydrogen-bond acceptors (Lipinski definition) is 1. The first-order chi connectivity index (χ1) is 8.21. The highest BCUT2D eigenvalue weighted by atomic mass is 19.4. The predicted octanol–water partition coefficient (Wildman–Crippen LogP) is 3.79. The van der Waals surface area contributed by atoms with Crippen LogP contribution in [-0.2, 0) is 12.6 Å². The van der Waals surface area contributed by atoms with Crippen LogP contribution in [0, 0.1) is 11.7 Å². The molecule has 0 bridgehead atoms. The van der Waals surface area contributed by atoms with Crippen LogP contribution in [0.2, 0.25) is 0 Å². The topological polar surface area (TPSA) is 20.2 Å². The third kappa shape index (κ3) is 3.98. The largest absolute Gasteiger partial charge is 0.419 e. The second kappa shape index (κ2) is 5.69. The van der Waals surface area contributed by atoms with Crippen molar-refractivity contribution in [3.63, 3.8) is 0 Å². The van der Waals surface area contributed by atoms with Gasteiger partial charge in [-0.1, -0.05) is 19.9 Å². The van der Waals surface area contributed by atoms with Crippen LogP contribution in [-0.4, -0.2) is 11.2 Å². The molecule has 0 aliphatic rings. The van der Waals surface area contributed by atoms with Crippen molar-refractivity contribution >= 4 is 0 Å². The van der Waals surface area contributed by atoms with Gasteiger partial charge in [0.25, 0.3) is 0 Å². The first-order valence-corrected chi connectivity index (χ1v) is 5.75. The molecule has 1 aromatic carbocycles. The smallest absolute Gasteiger partial charge is 0.393 e. The normalized spacial score (nSPS) is 14.0. The van der Waals surface area contributed by atoms with Crippen LogP contribution in [0.25, 0.3) is 0 Å². The monoisotopic (exact) mass is 264 g/mol. The molecule has 0 aromatic heterocycles. The number of halogens is 4. The molecule has 1 N–H and O–H groups in total. The van der Waals surface area contributed by atoms with E-state index >= 15 is 0 Å². The van der Waals surface area contributed by atoms with E-state index in [0.29, 0.717) is 18.4 Å². The molecule has 1 rings (SSSR count). The van der Waals surface area contributed by atoms with Crippen molar-refractivity contribution in [2.45, 2.75) is 39.0 Å². The van der Waals surface area contributed by atoms with Gasteiger partial charge in [0, 0.05) is 0 Å². The van der Waals surface area contributed by atoms with Crippen molar-refractivity contribution in [1.82, 2.24) is 0 Å². The molecule has 0 spiro atoms. The molecule has 0 aliphatic heterocycles. The van der Waals surface area contributed by atoms with Gasteiger partial charge in [0.05, 0.1) is 11.7 Å². The summed E-state index contributed by atoms with van der Waals surface area (Å²) in [6, 6.07) is 2.94. The first-order valence-electron chi connectivity index (χ1n) is 5.75. The lowest BCUT2D eigenvalue weighted by atomic mass is 9.98. The predicted molar refractivity (Wildman–Crippen MR) is 60.6 cm³/mol. The van der Waals surface area contributed by atoms with Gasteiger partial charge in [0.15, 0.2) is 0 Å². The third-order valence-corrected chi connectivity index (χ3v) is 2.83. The molecular weight excluding hydrogens is 248 g/mol. The molecule has 0 saturated heterocycles. The lowest BCUT2D eigenvalue weighted by Crippen LogP contribution is -2.15. The lowest BCUT2D eigenvalue weighted by Gasteiger charge is -2.15. The quantitative estimate of drug-likeness (QED) is 0.820. The molecule has 18 heavy (non-hydrogen) atoms. The Morgan fingerprint density at radius 1 is 1.22 bits per heavy atom. The molecule has 1 aromatic rings. The maximum Gasteiger partial charge on any atom is 0.419 e. The van der Waals surface area contributed by atoms with Crippen LogP contribution < -0.4 is 0 Å². The van der Waals surface area contributed by atoms with Crippen molar-refractivity contribution < 1.29 is 22.7 Å². The van der Waals surface area contributed by atoms with E-state index in [-0.39, 0.29) is 5.92 Å². The zero-order valence-electron chi connectivity index (χ0n) is 10.3. The molecule has 1 unspecified atom stereocenters. The van der Waals surface area contributed by atoms with E-state index < -0.39 is 23.7 Å². The minimum Gasteiger partial charge on any atom is -0.393 e. The van der Waals surface area contributed by atoms with Crippen LogP contribution in [0.5, 0.6) is 0 Å². The number of alkyl halides is 3. The van der Waals surface area contributed by atoms with Crippen molar-refractivity contribution in [3.8, 4) is 0 Å². The number of hydrogen-bond donors (Lipinski definition) is 1. The van der Waals surface area contributed by atoms with E-state index in [1.807, 2.05) is 13.8 Å². The van der Waals surface area contributed by atoms with Gasteiger partial charge in [-0.2, -0.15) is 13.2 Å². The Bertz CT molecular complexity index is 398. The summed E-state index contributed by atoms with van der Waals surface area (Å²) < 4.78 is 50.4. The van der Waals surface area contributed by atoms with E-state index in [2.05, 4.69) is 0 Å². The van der Waals surface area contributed by atoms with Crippen LogP contribution in [0.4, 0.5) is 17.6 Å². The molecule has 0 amide bonds. The summed E-state index contributed by atoms with van der Waals surface area (Å²) in [5.41, 5.74) is -0.873. The number of benzene rings is 1. The summed E-state index contributed by atoms with van der Waals surface area (Å²) in [4.78, 5) is 0. The van der Waals surface area contributed by atoms with Gasteiger partial charge in [-0.25, -0.2) is 4.39 Å². The standard InChI is InChI=1S/C13H16F4O/c1-8(2)12(18)6-4-9-3-5-11(14)10(7-9)13(15,16)17/h3,5,7-8,12,18H,4,6H2,1-2H3. The Morgan fingerprint density at radius 3 is 2.33 bits per heavy atom. The van der Waals surface area contributed by atoms with Crippen molar-refractivity contribution in [1.29, 1.82) is 0 Å². The molecule has 1 atom stereocenters. The fourth-order valence-electron chi connectivity index (χ4n) is 1.59. The minimum absolute atomic E-state index is 0.0486. The first kappa shape index (κ1) is 15.0. The average molecular weight is 264 g/mol.